The molecule has 1 heterocycles. The molecule has 0 unspecified atom stereocenters. The number of carbonyl (C=O) groups is 1. The van der Waals surface area contributed by atoms with Gasteiger partial charge in [0.2, 0.25) is 0 Å². The molecule has 0 aromatic heterocycles. The first-order chi connectivity index (χ1) is 10.6. The molecular formula is C15H22ClFN3O3-. The van der Waals surface area contributed by atoms with Crippen LogP contribution in [0.1, 0.15) is 6.42 Å². The van der Waals surface area contributed by atoms with E-state index in [9.17, 15) is 14.3 Å². The quantitative estimate of drug-likeness (QED) is 0.733. The molecule has 0 spiro atoms. The molecule has 1 aliphatic heterocycles. The summed E-state index contributed by atoms with van der Waals surface area (Å²) in [6.07, 6.45) is -0.113. The second-order valence-electron chi connectivity index (χ2n) is 5.32. The van der Waals surface area contributed by atoms with Gasteiger partial charge in [0.1, 0.15) is 5.82 Å². The van der Waals surface area contributed by atoms with Gasteiger partial charge in [-0.2, -0.15) is 0 Å². The largest absolute Gasteiger partial charge is 0.550 e. The van der Waals surface area contributed by atoms with E-state index in [0.717, 1.165) is 0 Å². The highest BCUT2D eigenvalue weighted by Crippen LogP contribution is 2.23. The van der Waals surface area contributed by atoms with Crippen molar-refractivity contribution >= 4 is 29.8 Å². The SMILES string of the molecule is Cl.NC[C@@H](CNc1ccc(N2CCOCC2)c(F)c1)CC(=O)[O-]. The van der Waals surface area contributed by atoms with Gasteiger partial charge >= 0.3 is 0 Å². The molecule has 0 aliphatic carbocycles. The third-order valence-electron chi connectivity index (χ3n) is 3.68. The third-order valence-corrected chi connectivity index (χ3v) is 3.68. The number of carboxylic acid groups (broad SMARTS) is 1. The predicted octanol–water partition coefficient (Wildman–Crippen LogP) is 0.211. The number of benzene rings is 1. The Kier molecular flexibility index (Phi) is 8.08. The van der Waals surface area contributed by atoms with Crippen LogP contribution in [-0.2, 0) is 9.53 Å². The highest BCUT2D eigenvalue weighted by atomic mass is 35.5. The molecule has 1 aromatic carbocycles. The molecule has 23 heavy (non-hydrogen) atoms. The predicted molar refractivity (Wildman–Crippen MR) is 87.3 cm³/mol. The lowest BCUT2D eigenvalue weighted by Gasteiger charge is -2.29. The second-order valence-corrected chi connectivity index (χ2v) is 5.32. The van der Waals surface area contributed by atoms with Crippen molar-refractivity contribution in [3.8, 4) is 0 Å². The number of carbonyl (C=O) groups excluding carboxylic acids is 1. The fourth-order valence-electron chi connectivity index (χ4n) is 2.41. The Balaban J connectivity index is 0.00000264. The molecule has 6 nitrogen and oxygen atoms in total. The minimum Gasteiger partial charge on any atom is -0.550 e. The number of anilines is 2. The zero-order valence-corrected chi connectivity index (χ0v) is 13.6. The van der Waals surface area contributed by atoms with E-state index >= 15 is 0 Å². The Hall–Kier alpha value is -1.57. The first kappa shape index (κ1) is 19.5. The number of nitrogens with zero attached hydrogens (tertiary/aromatic N) is 1. The van der Waals surface area contributed by atoms with E-state index in [2.05, 4.69) is 5.32 Å². The normalized spacial score (nSPS) is 15.7. The Morgan fingerprint density at radius 3 is 2.70 bits per heavy atom. The van der Waals surface area contributed by atoms with E-state index in [1.54, 1.807) is 12.1 Å². The summed E-state index contributed by atoms with van der Waals surface area (Å²) >= 11 is 0. The summed E-state index contributed by atoms with van der Waals surface area (Å²) in [4.78, 5) is 12.5. The van der Waals surface area contributed by atoms with Crippen molar-refractivity contribution in [3.63, 3.8) is 0 Å². The van der Waals surface area contributed by atoms with Crippen LogP contribution in [0.15, 0.2) is 18.2 Å². The Morgan fingerprint density at radius 1 is 1.43 bits per heavy atom. The zero-order valence-electron chi connectivity index (χ0n) is 12.8. The van der Waals surface area contributed by atoms with Crippen molar-refractivity contribution in [2.75, 3.05) is 49.6 Å². The maximum atomic E-state index is 14.2. The topological polar surface area (TPSA) is 90.7 Å². The molecule has 0 saturated carbocycles. The smallest absolute Gasteiger partial charge is 0.148 e. The van der Waals surface area contributed by atoms with Gasteiger partial charge in [-0.25, -0.2) is 4.39 Å². The van der Waals surface area contributed by atoms with Crippen LogP contribution in [0.2, 0.25) is 0 Å². The minimum absolute atomic E-state index is 0. The fraction of sp³-hybridized carbons (Fsp3) is 0.533. The summed E-state index contributed by atoms with van der Waals surface area (Å²) in [6.45, 7) is 3.13. The molecule has 1 aromatic rings. The lowest BCUT2D eigenvalue weighted by Crippen LogP contribution is -2.36. The van der Waals surface area contributed by atoms with Crippen molar-refractivity contribution < 1.29 is 19.0 Å². The summed E-state index contributed by atoms with van der Waals surface area (Å²) in [6, 6.07) is 4.91. The average molecular weight is 347 g/mol. The molecule has 3 N–H and O–H groups in total. The number of hydrogen-bond acceptors (Lipinski definition) is 6. The first-order valence-electron chi connectivity index (χ1n) is 7.36. The Labute approximate surface area is 141 Å². The maximum Gasteiger partial charge on any atom is 0.148 e. The highest BCUT2D eigenvalue weighted by Gasteiger charge is 2.15. The lowest BCUT2D eigenvalue weighted by atomic mass is 10.1. The van der Waals surface area contributed by atoms with Gasteiger partial charge < -0.3 is 30.6 Å². The molecule has 0 radical (unpaired) electrons. The van der Waals surface area contributed by atoms with E-state index in [4.69, 9.17) is 10.5 Å². The summed E-state index contributed by atoms with van der Waals surface area (Å²) in [5, 5.41) is 13.6. The molecule has 1 saturated heterocycles. The summed E-state index contributed by atoms with van der Waals surface area (Å²) in [5.74, 6) is -1.69. The number of nitrogens with two attached hydrogens (primary N) is 1. The van der Waals surface area contributed by atoms with E-state index in [1.807, 2.05) is 4.90 Å². The van der Waals surface area contributed by atoms with E-state index in [1.165, 1.54) is 6.07 Å². The molecule has 8 heteroatoms. The van der Waals surface area contributed by atoms with Crippen molar-refractivity contribution in [3.05, 3.63) is 24.0 Å². The van der Waals surface area contributed by atoms with Crippen molar-refractivity contribution in [1.82, 2.24) is 0 Å². The second kappa shape index (κ2) is 9.54. The minimum atomic E-state index is -1.13. The molecule has 0 amide bonds. The molecule has 1 atom stereocenters. The van der Waals surface area contributed by atoms with E-state index in [-0.39, 0.29) is 37.1 Å². The average Bonchev–Trinajstić information content (AvgIpc) is 2.52. The molecule has 2 rings (SSSR count). The van der Waals surface area contributed by atoms with Gasteiger partial charge in [0, 0.05) is 31.3 Å². The van der Waals surface area contributed by atoms with E-state index in [0.29, 0.717) is 44.2 Å². The van der Waals surface area contributed by atoms with Crippen LogP contribution in [0.5, 0.6) is 0 Å². The number of morpholine rings is 1. The van der Waals surface area contributed by atoms with Gasteiger partial charge in [-0.3, -0.25) is 0 Å². The van der Waals surface area contributed by atoms with Crippen molar-refractivity contribution in [2.24, 2.45) is 11.7 Å². The summed E-state index contributed by atoms with van der Waals surface area (Å²) < 4.78 is 19.5. The number of carboxylic acids is 1. The van der Waals surface area contributed by atoms with Gasteiger partial charge in [-0.1, -0.05) is 0 Å². The lowest BCUT2D eigenvalue weighted by molar-refractivity contribution is -0.306. The zero-order chi connectivity index (χ0) is 15.9. The number of hydrogen-bond donors (Lipinski definition) is 2. The maximum absolute atomic E-state index is 14.2. The first-order valence-corrected chi connectivity index (χ1v) is 7.36. The molecular weight excluding hydrogens is 325 g/mol. The van der Waals surface area contributed by atoms with Gasteiger partial charge in [-0.15, -0.1) is 12.4 Å². The van der Waals surface area contributed by atoms with Gasteiger partial charge in [0.15, 0.2) is 0 Å². The van der Waals surface area contributed by atoms with Crippen LogP contribution in [0, 0.1) is 11.7 Å². The third kappa shape index (κ3) is 5.85. The van der Waals surface area contributed by atoms with Crippen LogP contribution in [0.3, 0.4) is 0 Å². The van der Waals surface area contributed by atoms with Crippen LogP contribution < -0.4 is 21.1 Å². The Bertz CT molecular complexity index is 513. The number of nitrogens with one attached hydrogen (secondary N) is 1. The standard InChI is InChI=1S/C15H22FN3O3.ClH/c16-13-8-12(18-10-11(9-17)7-15(20)21)1-2-14(13)19-3-5-22-6-4-19;/h1-2,8,11,18H,3-7,9-10,17H2,(H,20,21);1H/p-1/t11-;/m0./s1. The molecule has 0 bridgehead atoms. The summed E-state index contributed by atoms with van der Waals surface area (Å²) in [7, 11) is 0. The highest BCUT2D eigenvalue weighted by molar-refractivity contribution is 5.85. The fourth-order valence-corrected chi connectivity index (χ4v) is 2.41. The number of halogens is 2. The number of rotatable bonds is 7. The summed E-state index contributed by atoms with van der Waals surface area (Å²) in [5.41, 5.74) is 6.67. The molecule has 1 fully saturated rings. The molecule has 130 valence electrons. The van der Waals surface area contributed by atoms with Crippen molar-refractivity contribution in [1.29, 1.82) is 0 Å². The number of ether oxygens (including phenoxy) is 1. The van der Waals surface area contributed by atoms with Crippen molar-refractivity contribution in [2.45, 2.75) is 6.42 Å². The Morgan fingerprint density at radius 2 is 2.13 bits per heavy atom. The number of aliphatic carboxylic acids is 1. The monoisotopic (exact) mass is 346 g/mol. The molecule has 1 aliphatic rings. The van der Waals surface area contributed by atoms with E-state index < -0.39 is 5.97 Å². The van der Waals surface area contributed by atoms with Gasteiger partial charge in [-0.05, 0) is 37.1 Å². The van der Waals surface area contributed by atoms with Crippen LogP contribution in [-0.4, -0.2) is 45.4 Å². The van der Waals surface area contributed by atoms with Gasteiger partial charge in [0.25, 0.3) is 0 Å². The van der Waals surface area contributed by atoms with Crippen LogP contribution in [0.25, 0.3) is 0 Å². The van der Waals surface area contributed by atoms with Crippen LogP contribution in [0.4, 0.5) is 15.8 Å². The van der Waals surface area contributed by atoms with Crippen LogP contribution >= 0.6 is 12.4 Å². The van der Waals surface area contributed by atoms with Gasteiger partial charge in [0.05, 0.1) is 18.9 Å².